The highest BCUT2D eigenvalue weighted by molar-refractivity contribution is 8.00. The van der Waals surface area contributed by atoms with Gasteiger partial charge in [0.15, 0.2) is 0 Å². The van der Waals surface area contributed by atoms with Crippen molar-refractivity contribution < 1.29 is 4.74 Å². The highest BCUT2D eigenvalue weighted by Gasteiger charge is 2.27. The fourth-order valence-corrected chi connectivity index (χ4v) is 3.95. The Balaban J connectivity index is 2.23. The molecule has 3 heteroatoms. The van der Waals surface area contributed by atoms with E-state index in [-0.39, 0.29) is 6.10 Å². The van der Waals surface area contributed by atoms with Gasteiger partial charge in [-0.3, -0.25) is 0 Å². The van der Waals surface area contributed by atoms with E-state index in [1.54, 1.807) is 0 Å². The molecule has 1 aliphatic heterocycles. The molecule has 1 aliphatic rings. The highest BCUT2D eigenvalue weighted by atomic mass is 32.2. The summed E-state index contributed by atoms with van der Waals surface area (Å²) in [6, 6.07) is 8.83. The Morgan fingerprint density at radius 1 is 1.33 bits per heavy atom. The molecule has 0 saturated carbocycles. The minimum Gasteiger partial charge on any atom is -0.491 e. The fourth-order valence-electron chi connectivity index (χ4n) is 2.51. The van der Waals surface area contributed by atoms with Gasteiger partial charge in [0.05, 0.1) is 6.10 Å². The van der Waals surface area contributed by atoms with E-state index in [1.165, 1.54) is 24.2 Å². The smallest absolute Gasteiger partial charge is 0.124 e. The van der Waals surface area contributed by atoms with E-state index >= 15 is 0 Å². The van der Waals surface area contributed by atoms with Gasteiger partial charge >= 0.3 is 0 Å². The Labute approximate surface area is 114 Å². The third-order valence-electron chi connectivity index (χ3n) is 3.26. The maximum atomic E-state index is 5.94. The zero-order valence-corrected chi connectivity index (χ0v) is 12.3. The van der Waals surface area contributed by atoms with Crippen LogP contribution in [0.5, 0.6) is 5.75 Å². The summed E-state index contributed by atoms with van der Waals surface area (Å²) in [6.07, 6.45) is 2.85. The number of hydrogen-bond acceptors (Lipinski definition) is 3. The first-order valence-electron chi connectivity index (χ1n) is 6.77. The molecule has 2 nitrogen and oxygen atoms in total. The Morgan fingerprint density at radius 3 is 2.72 bits per heavy atom. The first kappa shape index (κ1) is 13.8. The third-order valence-corrected chi connectivity index (χ3v) is 4.72. The van der Waals surface area contributed by atoms with E-state index in [0.717, 1.165) is 5.75 Å². The first-order valence-corrected chi connectivity index (χ1v) is 7.81. The van der Waals surface area contributed by atoms with Crippen LogP contribution in [0.4, 0.5) is 0 Å². The Hall–Kier alpha value is -0.670. The first-order chi connectivity index (χ1) is 8.72. The summed E-state index contributed by atoms with van der Waals surface area (Å²) in [4.78, 5) is 0. The van der Waals surface area contributed by atoms with Gasteiger partial charge in [0.2, 0.25) is 0 Å². The molecule has 1 aromatic carbocycles. The van der Waals surface area contributed by atoms with Gasteiger partial charge in [-0.1, -0.05) is 18.2 Å². The van der Waals surface area contributed by atoms with E-state index in [2.05, 4.69) is 62.2 Å². The molecule has 1 aromatic rings. The SMILES string of the molecule is CNC(c1ccccc1OC(C)C)C1CCCS1. The second kappa shape index (κ2) is 6.48. The van der Waals surface area contributed by atoms with Crippen LogP contribution in [0.2, 0.25) is 0 Å². The largest absolute Gasteiger partial charge is 0.491 e. The molecule has 0 aromatic heterocycles. The lowest BCUT2D eigenvalue weighted by molar-refractivity contribution is 0.237. The van der Waals surface area contributed by atoms with Crippen molar-refractivity contribution >= 4 is 11.8 Å². The van der Waals surface area contributed by atoms with Crippen LogP contribution in [0.25, 0.3) is 0 Å². The maximum absolute atomic E-state index is 5.94. The van der Waals surface area contributed by atoms with E-state index < -0.39 is 0 Å². The molecule has 2 rings (SSSR count). The molecule has 1 heterocycles. The second-order valence-electron chi connectivity index (χ2n) is 5.02. The predicted molar refractivity (Wildman–Crippen MR) is 79.5 cm³/mol. The number of benzene rings is 1. The summed E-state index contributed by atoms with van der Waals surface area (Å²) >= 11 is 2.08. The fraction of sp³-hybridized carbons (Fsp3) is 0.600. The molecule has 18 heavy (non-hydrogen) atoms. The molecule has 0 amide bonds. The molecule has 0 spiro atoms. The predicted octanol–water partition coefficient (Wildman–Crippen LogP) is 3.63. The van der Waals surface area contributed by atoms with Crippen LogP contribution in [0, 0.1) is 0 Å². The molecule has 2 unspecified atom stereocenters. The van der Waals surface area contributed by atoms with Crippen molar-refractivity contribution in [3.63, 3.8) is 0 Å². The van der Waals surface area contributed by atoms with Crippen LogP contribution in [0.15, 0.2) is 24.3 Å². The third kappa shape index (κ3) is 3.21. The van der Waals surface area contributed by atoms with Crippen LogP contribution < -0.4 is 10.1 Å². The molecule has 100 valence electrons. The quantitative estimate of drug-likeness (QED) is 0.878. The lowest BCUT2D eigenvalue weighted by Crippen LogP contribution is -2.26. The number of para-hydroxylation sites is 1. The van der Waals surface area contributed by atoms with Gasteiger partial charge in [-0.15, -0.1) is 0 Å². The van der Waals surface area contributed by atoms with Crippen LogP contribution >= 0.6 is 11.8 Å². The summed E-state index contributed by atoms with van der Waals surface area (Å²) in [6.45, 7) is 4.16. The topological polar surface area (TPSA) is 21.3 Å². The van der Waals surface area contributed by atoms with Gasteiger partial charge < -0.3 is 10.1 Å². The lowest BCUT2D eigenvalue weighted by atomic mass is 10.00. The van der Waals surface area contributed by atoms with Crippen molar-refractivity contribution in [1.29, 1.82) is 0 Å². The summed E-state index contributed by atoms with van der Waals surface area (Å²) in [5, 5.41) is 4.15. The Morgan fingerprint density at radius 2 is 2.11 bits per heavy atom. The normalized spacial score (nSPS) is 21.2. The van der Waals surface area contributed by atoms with Gasteiger partial charge in [-0.2, -0.15) is 11.8 Å². The van der Waals surface area contributed by atoms with Crippen LogP contribution in [0.3, 0.4) is 0 Å². The van der Waals surface area contributed by atoms with Crippen molar-refractivity contribution in [2.75, 3.05) is 12.8 Å². The molecule has 1 fully saturated rings. The zero-order chi connectivity index (χ0) is 13.0. The Bertz CT molecular complexity index is 375. The summed E-state index contributed by atoms with van der Waals surface area (Å²) in [5.74, 6) is 2.31. The van der Waals surface area contributed by atoms with Crippen molar-refractivity contribution in [2.45, 2.75) is 44.1 Å². The van der Waals surface area contributed by atoms with Gasteiger partial charge in [0, 0.05) is 16.9 Å². The average Bonchev–Trinajstić information content (AvgIpc) is 2.85. The Kier molecular flexibility index (Phi) is 4.95. The van der Waals surface area contributed by atoms with Crippen molar-refractivity contribution in [2.24, 2.45) is 0 Å². The summed E-state index contributed by atoms with van der Waals surface area (Å²) in [7, 11) is 2.05. The monoisotopic (exact) mass is 265 g/mol. The maximum Gasteiger partial charge on any atom is 0.124 e. The number of rotatable bonds is 5. The standard InChI is InChI=1S/C15H23NOS/c1-11(2)17-13-8-5-4-7-12(13)15(16-3)14-9-6-10-18-14/h4-5,7-8,11,14-16H,6,9-10H2,1-3H3. The molecular formula is C15H23NOS. The van der Waals surface area contributed by atoms with E-state index in [0.29, 0.717) is 11.3 Å². The zero-order valence-electron chi connectivity index (χ0n) is 11.5. The van der Waals surface area contributed by atoms with Crippen molar-refractivity contribution in [1.82, 2.24) is 5.32 Å². The molecule has 1 N–H and O–H groups in total. The van der Waals surface area contributed by atoms with E-state index in [9.17, 15) is 0 Å². The molecular weight excluding hydrogens is 242 g/mol. The summed E-state index contributed by atoms with van der Waals surface area (Å²) in [5.41, 5.74) is 1.30. The van der Waals surface area contributed by atoms with Gasteiger partial charge in [0.25, 0.3) is 0 Å². The van der Waals surface area contributed by atoms with Crippen LogP contribution in [-0.4, -0.2) is 24.2 Å². The molecule has 0 aliphatic carbocycles. The molecule has 2 atom stereocenters. The minimum atomic E-state index is 0.222. The van der Waals surface area contributed by atoms with Crippen LogP contribution in [-0.2, 0) is 0 Å². The molecule has 1 saturated heterocycles. The van der Waals surface area contributed by atoms with Gasteiger partial charge in [-0.05, 0) is 45.6 Å². The lowest BCUT2D eigenvalue weighted by Gasteiger charge is -2.25. The van der Waals surface area contributed by atoms with Gasteiger partial charge in [0.1, 0.15) is 5.75 Å². The minimum absolute atomic E-state index is 0.222. The molecule has 0 bridgehead atoms. The van der Waals surface area contributed by atoms with Crippen LogP contribution in [0.1, 0.15) is 38.3 Å². The average molecular weight is 265 g/mol. The van der Waals surface area contributed by atoms with E-state index in [1.807, 2.05) is 0 Å². The highest BCUT2D eigenvalue weighted by Crippen LogP contribution is 2.38. The number of ether oxygens (including phenoxy) is 1. The number of nitrogens with one attached hydrogen (secondary N) is 1. The van der Waals surface area contributed by atoms with Crippen molar-refractivity contribution in [3.05, 3.63) is 29.8 Å². The van der Waals surface area contributed by atoms with Crippen molar-refractivity contribution in [3.8, 4) is 5.75 Å². The number of thioether (sulfide) groups is 1. The second-order valence-corrected chi connectivity index (χ2v) is 6.37. The molecule has 0 radical (unpaired) electrons. The number of hydrogen-bond donors (Lipinski definition) is 1. The summed E-state index contributed by atoms with van der Waals surface area (Å²) < 4.78 is 5.94. The van der Waals surface area contributed by atoms with E-state index in [4.69, 9.17) is 4.74 Å². The van der Waals surface area contributed by atoms with Gasteiger partial charge in [-0.25, -0.2) is 0 Å².